The number of fused-ring (bicyclic) bond motifs is 5. The number of hydrogen-bond donors (Lipinski definition) is 0. The van der Waals surface area contributed by atoms with E-state index in [2.05, 4.69) is 57.7 Å². The summed E-state index contributed by atoms with van der Waals surface area (Å²) in [4.78, 5) is 0. The molecule has 3 heteroatoms. The molecule has 4 rings (SSSR count). The average Bonchev–Trinajstić information content (AvgIpc) is 3.03. The lowest BCUT2D eigenvalue weighted by molar-refractivity contribution is -0.0369. The Morgan fingerprint density at radius 3 is 2.68 bits per heavy atom. The van der Waals surface area contributed by atoms with Gasteiger partial charge in [0.05, 0.1) is 6.10 Å². The van der Waals surface area contributed by atoms with Crippen LogP contribution in [0.1, 0.15) is 39.2 Å². The van der Waals surface area contributed by atoms with Crippen LogP contribution in [0.2, 0.25) is 6.32 Å². The van der Waals surface area contributed by atoms with Crippen LogP contribution in [0.5, 0.6) is 0 Å². The van der Waals surface area contributed by atoms with E-state index in [9.17, 15) is 0 Å². The second-order valence-electron chi connectivity index (χ2n) is 7.98. The summed E-state index contributed by atoms with van der Waals surface area (Å²) in [6.45, 7) is 11.1. The minimum absolute atomic E-state index is 0.140. The average molecular weight is 296 g/mol. The van der Waals surface area contributed by atoms with Crippen LogP contribution in [-0.2, 0) is 14.9 Å². The van der Waals surface area contributed by atoms with Crippen molar-refractivity contribution in [1.82, 2.24) is 0 Å². The van der Waals surface area contributed by atoms with Crippen molar-refractivity contribution in [3.63, 3.8) is 0 Å². The van der Waals surface area contributed by atoms with Gasteiger partial charge >= 0.3 is 7.12 Å². The highest BCUT2D eigenvalue weighted by Gasteiger charge is 2.77. The number of benzene rings is 1. The Labute approximate surface area is 134 Å². The Morgan fingerprint density at radius 2 is 2.00 bits per heavy atom. The zero-order valence-corrected chi connectivity index (χ0v) is 13.8. The molecule has 2 aliphatic carbocycles. The molecule has 0 amide bonds. The number of hydrogen-bond acceptors (Lipinski definition) is 2. The lowest BCUT2D eigenvalue weighted by Gasteiger charge is -2.41. The fraction of sp³-hybridized carbons (Fsp3) is 0.579. The SMILES string of the molecule is C=CCB1OC2C(c3ccccc3)(O1)C1CCC2(C)C1(C)C. The summed E-state index contributed by atoms with van der Waals surface area (Å²) in [5.41, 5.74) is 1.40. The molecule has 0 aromatic heterocycles. The summed E-state index contributed by atoms with van der Waals surface area (Å²) in [5, 5.41) is 0. The van der Waals surface area contributed by atoms with Crippen LogP contribution in [-0.4, -0.2) is 13.2 Å². The largest absolute Gasteiger partial charge is 0.461 e. The molecular formula is C19H25BO2. The van der Waals surface area contributed by atoms with Gasteiger partial charge in [0, 0.05) is 11.7 Å². The highest BCUT2D eigenvalue weighted by molar-refractivity contribution is 6.46. The van der Waals surface area contributed by atoms with Crippen LogP contribution >= 0.6 is 0 Å². The third-order valence-electron chi connectivity index (χ3n) is 6.98. The van der Waals surface area contributed by atoms with Gasteiger partial charge in [-0.2, -0.15) is 0 Å². The van der Waals surface area contributed by atoms with Crippen LogP contribution in [0.15, 0.2) is 43.0 Å². The van der Waals surface area contributed by atoms with Crippen LogP contribution in [0.4, 0.5) is 0 Å². The predicted octanol–water partition coefficient (Wildman–Crippen LogP) is 4.43. The smallest absolute Gasteiger partial charge is 0.404 e. The molecule has 1 saturated heterocycles. The molecule has 1 heterocycles. The Bertz CT molecular complexity index is 599. The topological polar surface area (TPSA) is 18.5 Å². The highest BCUT2D eigenvalue weighted by atomic mass is 16.7. The molecule has 1 aromatic carbocycles. The van der Waals surface area contributed by atoms with Crippen LogP contribution in [0.25, 0.3) is 0 Å². The molecule has 0 N–H and O–H groups in total. The maximum Gasteiger partial charge on any atom is 0.461 e. The molecule has 1 aromatic rings. The predicted molar refractivity (Wildman–Crippen MR) is 89.4 cm³/mol. The fourth-order valence-electron chi connectivity index (χ4n) is 5.55. The molecule has 0 spiro atoms. The molecule has 3 fully saturated rings. The zero-order valence-electron chi connectivity index (χ0n) is 13.8. The molecule has 2 nitrogen and oxygen atoms in total. The van der Waals surface area contributed by atoms with E-state index in [4.69, 9.17) is 9.31 Å². The van der Waals surface area contributed by atoms with Crippen molar-refractivity contribution >= 4 is 7.12 Å². The van der Waals surface area contributed by atoms with Gasteiger partial charge in [-0.15, -0.1) is 6.58 Å². The summed E-state index contributed by atoms with van der Waals surface area (Å²) in [5.74, 6) is 0.507. The van der Waals surface area contributed by atoms with E-state index in [1.54, 1.807) is 0 Å². The zero-order chi connectivity index (χ0) is 15.6. The standard InChI is InChI=1S/C19H25BO2/c1-5-13-20-21-16-18(4)12-11-15(17(18,2)3)19(16,22-20)14-9-7-6-8-10-14/h5-10,15-16H,1,11-13H2,2-4H3. The van der Waals surface area contributed by atoms with E-state index in [-0.39, 0.29) is 29.7 Å². The van der Waals surface area contributed by atoms with Gasteiger partial charge in [0.25, 0.3) is 0 Å². The van der Waals surface area contributed by atoms with Gasteiger partial charge in [-0.05, 0) is 29.7 Å². The summed E-state index contributed by atoms with van der Waals surface area (Å²) in [6, 6.07) is 10.7. The van der Waals surface area contributed by atoms with E-state index < -0.39 is 0 Å². The van der Waals surface area contributed by atoms with Gasteiger partial charge in [-0.25, -0.2) is 0 Å². The molecule has 2 saturated carbocycles. The second kappa shape index (κ2) is 4.49. The van der Waals surface area contributed by atoms with Crippen molar-refractivity contribution in [1.29, 1.82) is 0 Å². The summed E-state index contributed by atoms with van der Waals surface area (Å²) < 4.78 is 13.1. The van der Waals surface area contributed by atoms with E-state index in [1.807, 2.05) is 6.08 Å². The van der Waals surface area contributed by atoms with Crippen molar-refractivity contribution in [2.75, 3.05) is 0 Å². The maximum atomic E-state index is 6.64. The van der Waals surface area contributed by atoms with Crippen molar-refractivity contribution in [3.8, 4) is 0 Å². The fourth-order valence-corrected chi connectivity index (χ4v) is 5.55. The van der Waals surface area contributed by atoms with Crippen molar-refractivity contribution in [3.05, 3.63) is 48.6 Å². The second-order valence-corrected chi connectivity index (χ2v) is 7.98. The normalized spacial score (nSPS) is 41.7. The van der Waals surface area contributed by atoms with Gasteiger partial charge in [-0.3, -0.25) is 0 Å². The molecule has 3 aliphatic rings. The third-order valence-corrected chi connectivity index (χ3v) is 6.98. The Morgan fingerprint density at radius 1 is 1.27 bits per heavy atom. The van der Waals surface area contributed by atoms with Crippen molar-refractivity contribution in [2.45, 2.75) is 51.6 Å². The monoisotopic (exact) mass is 296 g/mol. The van der Waals surface area contributed by atoms with Gasteiger partial charge in [0.1, 0.15) is 5.60 Å². The first kappa shape index (κ1) is 14.5. The Balaban J connectivity index is 1.87. The van der Waals surface area contributed by atoms with Crippen LogP contribution in [0, 0.1) is 16.7 Å². The quantitative estimate of drug-likeness (QED) is 0.607. The van der Waals surface area contributed by atoms with Gasteiger partial charge in [0.15, 0.2) is 0 Å². The number of allylic oxidation sites excluding steroid dienone is 1. The lowest BCUT2D eigenvalue weighted by atomic mass is 9.69. The van der Waals surface area contributed by atoms with E-state index in [1.165, 1.54) is 18.4 Å². The van der Waals surface area contributed by atoms with Crippen LogP contribution < -0.4 is 0 Å². The van der Waals surface area contributed by atoms with Crippen molar-refractivity contribution < 1.29 is 9.31 Å². The lowest BCUT2D eigenvalue weighted by Crippen LogP contribution is -2.45. The minimum Gasteiger partial charge on any atom is -0.404 e. The first-order chi connectivity index (χ1) is 10.5. The molecule has 4 atom stereocenters. The molecule has 116 valence electrons. The highest BCUT2D eigenvalue weighted by Crippen LogP contribution is 2.75. The van der Waals surface area contributed by atoms with Gasteiger partial charge in [0.2, 0.25) is 0 Å². The van der Waals surface area contributed by atoms with Crippen LogP contribution in [0.3, 0.4) is 0 Å². The van der Waals surface area contributed by atoms with Crippen molar-refractivity contribution in [2.24, 2.45) is 16.7 Å². The summed E-state index contributed by atoms with van der Waals surface area (Å²) >= 11 is 0. The first-order valence-corrected chi connectivity index (χ1v) is 8.46. The van der Waals surface area contributed by atoms with Gasteiger partial charge < -0.3 is 9.31 Å². The molecule has 4 unspecified atom stereocenters. The Hall–Kier alpha value is -1.06. The third kappa shape index (κ3) is 1.49. The minimum atomic E-state index is -0.286. The summed E-state index contributed by atoms with van der Waals surface area (Å²) in [7, 11) is -0.154. The summed E-state index contributed by atoms with van der Waals surface area (Å²) in [6.07, 6.45) is 5.25. The van der Waals surface area contributed by atoms with E-state index in [0.29, 0.717) is 5.92 Å². The van der Waals surface area contributed by atoms with Gasteiger partial charge in [-0.1, -0.05) is 57.2 Å². The molecule has 0 radical (unpaired) electrons. The van der Waals surface area contributed by atoms with E-state index >= 15 is 0 Å². The maximum absolute atomic E-state index is 6.64. The molecule has 2 bridgehead atoms. The first-order valence-electron chi connectivity index (χ1n) is 8.46. The Kier molecular flexibility index (Phi) is 2.96. The van der Waals surface area contributed by atoms with E-state index in [0.717, 1.165) is 6.32 Å². The molecule has 1 aliphatic heterocycles. The molecule has 22 heavy (non-hydrogen) atoms. The number of rotatable bonds is 3. The molecular weight excluding hydrogens is 271 g/mol.